The zero-order valence-corrected chi connectivity index (χ0v) is 15.8. The van der Waals surface area contributed by atoms with Crippen molar-refractivity contribution in [3.8, 4) is 16.9 Å². The third-order valence-corrected chi connectivity index (χ3v) is 5.98. The molecule has 6 heteroatoms. The zero-order chi connectivity index (χ0) is 18.4. The molecule has 0 radical (unpaired) electrons. The highest BCUT2D eigenvalue weighted by atomic mass is 35.5. The van der Waals surface area contributed by atoms with Crippen LogP contribution in [0.25, 0.3) is 32.1 Å². The van der Waals surface area contributed by atoms with Crippen LogP contribution in [0.15, 0.2) is 46.6 Å². The molecule has 4 aromatic rings. The van der Waals surface area contributed by atoms with Crippen LogP contribution in [-0.4, -0.2) is 17.1 Å². The van der Waals surface area contributed by atoms with Gasteiger partial charge in [0.2, 0.25) is 0 Å². The fraction of sp³-hybridized carbons (Fsp3) is 0.150. The first-order chi connectivity index (χ1) is 12.5. The lowest BCUT2D eigenvalue weighted by Crippen LogP contribution is -2.11. The third-order valence-electron chi connectivity index (χ3n) is 4.77. The second-order valence-corrected chi connectivity index (χ2v) is 7.58. The molecule has 1 atom stereocenters. The average Bonchev–Trinajstić information content (AvgIpc) is 3.13. The molecule has 0 aliphatic heterocycles. The number of pyridine rings is 1. The lowest BCUT2D eigenvalue weighted by molar-refractivity contribution is 0.478. The number of aromatic nitrogens is 1. The molecule has 0 saturated carbocycles. The van der Waals surface area contributed by atoms with Gasteiger partial charge in [0.1, 0.15) is 10.4 Å². The van der Waals surface area contributed by atoms with E-state index in [1.165, 1.54) is 17.4 Å². The summed E-state index contributed by atoms with van der Waals surface area (Å²) in [6.45, 7) is 2.09. The molecule has 3 N–H and O–H groups in total. The number of thiophene rings is 1. The minimum absolute atomic E-state index is 0.0939. The Morgan fingerprint density at radius 2 is 1.96 bits per heavy atom. The van der Waals surface area contributed by atoms with Crippen molar-refractivity contribution in [1.29, 1.82) is 0 Å². The van der Waals surface area contributed by atoms with Crippen LogP contribution in [0.5, 0.6) is 5.75 Å². The summed E-state index contributed by atoms with van der Waals surface area (Å²) >= 11 is 7.69. The molecule has 0 aliphatic carbocycles. The van der Waals surface area contributed by atoms with Crippen molar-refractivity contribution in [2.24, 2.45) is 0 Å². The summed E-state index contributed by atoms with van der Waals surface area (Å²) in [6, 6.07) is 11.6. The molecular weight excluding hydrogens is 368 g/mol. The molecule has 132 valence electrons. The Morgan fingerprint density at radius 3 is 2.65 bits per heavy atom. The largest absolute Gasteiger partial charge is 0.507 e. The van der Waals surface area contributed by atoms with Gasteiger partial charge in [0.05, 0.1) is 10.5 Å². The van der Waals surface area contributed by atoms with E-state index in [-0.39, 0.29) is 17.4 Å². The number of phenolic OH excluding ortho intramolecular Hbond substituents is 1. The quantitative estimate of drug-likeness (QED) is 0.463. The van der Waals surface area contributed by atoms with Crippen LogP contribution in [0.3, 0.4) is 0 Å². The molecule has 0 fully saturated rings. The summed E-state index contributed by atoms with van der Waals surface area (Å²) in [5.74, 6) is 0.0939. The van der Waals surface area contributed by atoms with Crippen molar-refractivity contribution in [3.63, 3.8) is 0 Å². The van der Waals surface area contributed by atoms with Crippen LogP contribution in [0.4, 0.5) is 0 Å². The number of fused-ring (bicyclic) bond motifs is 3. The van der Waals surface area contributed by atoms with Gasteiger partial charge in [-0.25, -0.2) is 0 Å². The van der Waals surface area contributed by atoms with E-state index < -0.39 is 0 Å². The topological polar surface area (TPSA) is 65.1 Å². The lowest BCUT2D eigenvalue weighted by Gasteiger charge is -2.14. The summed E-state index contributed by atoms with van der Waals surface area (Å²) in [5, 5.41) is 17.6. The molecule has 4 rings (SSSR count). The van der Waals surface area contributed by atoms with E-state index in [2.05, 4.69) is 17.2 Å². The summed E-state index contributed by atoms with van der Waals surface area (Å²) in [4.78, 5) is 15.2. The van der Waals surface area contributed by atoms with Gasteiger partial charge < -0.3 is 15.4 Å². The normalized spacial score (nSPS) is 12.7. The standard InChI is InChI=1S/C20H17ClN2O2S/c1-10(22-2)11-3-5-12(6-4-11)16-15(24)9-14(21)18-17(16)13-7-8-26-19(13)20(25)23-18/h3-10,22,24H,1-2H3,(H,23,25)/t10-/m0/s1. The number of hydrogen-bond acceptors (Lipinski definition) is 4. The van der Waals surface area contributed by atoms with E-state index in [0.29, 0.717) is 20.8 Å². The number of halogens is 1. The van der Waals surface area contributed by atoms with Gasteiger partial charge in [-0.05, 0) is 36.5 Å². The Labute approximate surface area is 159 Å². The van der Waals surface area contributed by atoms with Crippen molar-refractivity contribution >= 4 is 43.9 Å². The number of aromatic hydroxyl groups is 1. The van der Waals surface area contributed by atoms with Crippen molar-refractivity contribution < 1.29 is 5.11 Å². The molecule has 0 aliphatic rings. The van der Waals surface area contributed by atoms with Crippen molar-refractivity contribution in [3.05, 3.63) is 62.7 Å². The predicted molar refractivity (Wildman–Crippen MR) is 110 cm³/mol. The molecule has 2 aromatic heterocycles. The Hall–Kier alpha value is -2.34. The Balaban J connectivity index is 2.06. The number of benzene rings is 2. The first-order valence-corrected chi connectivity index (χ1v) is 9.49. The number of rotatable bonds is 3. The molecule has 0 amide bonds. The minimum atomic E-state index is -0.167. The fourth-order valence-electron chi connectivity index (χ4n) is 3.28. The highest BCUT2D eigenvalue weighted by Crippen LogP contribution is 2.42. The van der Waals surface area contributed by atoms with E-state index in [0.717, 1.165) is 21.9 Å². The van der Waals surface area contributed by atoms with Gasteiger partial charge >= 0.3 is 0 Å². The Kier molecular flexibility index (Phi) is 4.23. The summed E-state index contributed by atoms with van der Waals surface area (Å²) in [5.41, 5.74) is 3.08. The first kappa shape index (κ1) is 17.1. The van der Waals surface area contributed by atoms with Gasteiger partial charge in [-0.3, -0.25) is 4.79 Å². The third kappa shape index (κ3) is 2.60. The number of aromatic amines is 1. The zero-order valence-electron chi connectivity index (χ0n) is 14.3. The Morgan fingerprint density at radius 1 is 1.23 bits per heavy atom. The number of H-pyrrole nitrogens is 1. The predicted octanol–water partition coefficient (Wildman–Crippen LogP) is 5.05. The molecule has 26 heavy (non-hydrogen) atoms. The molecule has 4 nitrogen and oxygen atoms in total. The summed E-state index contributed by atoms with van der Waals surface area (Å²) < 4.78 is 0.626. The summed E-state index contributed by atoms with van der Waals surface area (Å²) in [7, 11) is 1.92. The van der Waals surface area contributed by atoms with Crippen LogP contribution >= 0.6 is 22.9 Å². The second kappa shape index (κ2) is 6.43. The maximum absolute atomic E-state index is 12.3. The van der Waals surface area contributed by atoms with Crippen molar-refractivity contribution in [2.75, 3.05) is 7.05 Å². The first-order valence-electron chi connectivity index (χ1n) is 8.23. The lowest BCUT2D eigenvalue weighted by atomic mass is 9.95. The maximum atomic E-state index is 12.3. The van der Waals surface area contributed by atoms with Gasteiger partial charge in [0, 0.05) is 28.4 Å². The number of nitrogens with one attached hydrogen (secondary N) is 2. The van der Waals surface area contributed by atoms with E-state index >= 15 is 0 Å². The SMILES string of the molecule is CN[C@@H](C)c1ccc(-c2c(O)cc(Cl)c3[nH]c(=O)c4sccc4c23)cc1. The molecular formula is C20H17ClN2O2S. The van der Waals surface area contributed by atoms with E-state index in [4.69, 9.17) is 11.6 Å². The van der Waals surface area contributed by atoms with E-state index in [1.807, 2.05) is 42.8 Å². The molecule has 0 saturated heterocycles. The highest BCUT2D eigenvalue weighted by molar-refractivity contribution is 7.17. The molecule has 0 spiro atoms. The van der Waals surface area contributed by atoms with Crippen LogP contribution in [-0.2, 0) is 0 Å². The fourth-order valence-corrected chi connectivity index (χ4v) is 4.32. The minimum Gasteiger partial charge on any atom is -0.507 e. The summed E-state index contributed by atoms with van der Waals surface area (Å²) in [6.07, 6.45) is 0. The second-order valence-electron chi connectivity index (χ2n) is 6.25. The maximum Gasteiger partial charge on any atom is 0.266 e. The molecule has 2 heterocycles. The van der Waals surface area contributed by atoms with Crippen LogP contribution in [0.2, 0.25) is 5.02 Å². The van der Waals surface area contributed by atoms with Crippen LogP contribution in [0.1, 0.15) is 18.5 Å². The smallest absolute Gasteiger partial charge is 0.266 e. The van der Waals surface area contributed by atoms with Crippen molar-refractivity contribution in [1.82, 2.24) is 10.3 Å². The van der Waals surface area contributed by atoms with Gasteiger partial charge in [-0.2, -0.15) is 0 Å². The Bertz CT molecular complexity index is 1180. The van der Waals surface area contributed by atoms with Gasteiger partial charge in [0.15, 0.2) is 0 Å². The average molecular weight is 385 g/mol. The van der Waals surface area contributed by atoms with E-state index in [9.17, 15) is 9.90 Å². The molecule has 0 bridgehead atoms. The number of phenols is 1. The number of hydrogen-bond donors (Lipinski definition) is 3. The van der Waals surface area contributed by atoms with Gasteiger partial charge in [0.25, 0.3) is 5.56 Å². The van der Waals surface area contributed by atoms with Crippen LogP contribution < -0.4 is 10.9 Å². The van der Waals surface area contributed by atoms with Crippen molar-refractivity contribution in [2.45, 2.75) is 13.0 Å². The van der Waals surface area contributed by atoms with Gasteiger partial charge in [-0.1, -0.05) is 35.9 Å². The van der Waals surface area contributed by atoms with Gasteiger partial charge in [-0.15, -0.1) is 11.3 Å². The van der Waals surface area contributed by atoms with E-state index in [1.54, 1.807) is 0 Å². The molecule has 0 unspecified atom stereocenters. The highest BCUT2D eigenvalue weighted by Gasteiger charge is 2.18. The van der Waals surface area contributed by atoms with Crippen LogP contribution in [0, 0.1) is 0 Å². The molecule has 2 aromatic carbocycles. The monoisotopic (exact) mass is 384 g/mol.